The van der Waals surface area contributed by atoms with E-state index in [9.17, 15) is 18.0 Å². The zero-order chi connectivity index (χ0) is 23.5. The van der Waals surface area contributed by atoms with Crippen molar-refractivity contribution in [3.8, 4) is 0 Å². The maximum Gasteiger partial charge on any atom is 0.251 e. The van der Waals surface area contributed by atoms with E-state index in [1.165, 1.54) is 35.5 Å². The fraction of sp³-hybridized carbons (Fsp3) is 0.500. The van der Waals surface area contributed by atoms with Crippen LogP contribution >= 0.6 is 0 Å². The molecule has 1 aromatic heterocycles. The summed E-state index contributed by atoms with van der Waals surface area (Å²) in [5, 5.41) is 7.35. The van der Waals surface area contributed by atoms with Gasteiger partial charge in [0.2, 0.25) is 15.9 Å². The monoisotopic (exact) mass is 461 g/mol. The molecule has 174 valence electrons. The predicted octanol–water partition coefficient (Wildman–Crippen LogP) is 1.42. The number of rotatable bonds is 7. The van der Waals surface area contributed by atoms with Crippen molar-refractivity contribution in [3.63, 3.8) is 0 Å². The van der Waals surface area contributed by atoms with E-state index in [-0.39, 0.29) is 35.7 Å². The minimum atomic E-state index is -3.66. The molecular formula is C22H31N5O4S. The first kappa shape index (κ1) is 23.9. The van der Waals surface area contributed by atoms with Gasteiger partial charge >= 0.3 is 0 Å². The zero-order valence-electron chi connectivity index (χ0n) is 19.0. The lowest BCUT2D eigenvalue weighted by Crippen LogP contribution is -2.49. The second kappa shape index (κ2) is 9.83. The van der Waals surface area contributed by atoms with Gasteiger partial charge in [-0.3, -0.25) is 14.3 Å². The van der Waals surface area contributed by atoms with Gasteiger partial charge in [-0.1, -0.05) is 6.92 Å². The second-order valence-corrected chi connectivity index (χ2v) is 10.3. The Hall–Kier alpha value is -2.72. The predicted molar refractivity (Wildman–Crippen MR) is 121 cm³/mol. The highest BCUT2D eigenvalue weighted by Gasteiger charge is 2.29. The third-order valence-electron chi connectivity index (χ3n) is 5.64. The number of nitrogens with one attached hydrogen (secondary N) is 1. The Balaban J connectivity index is 1.55. The average molecular weight is 462 g/mol. The van der Waals surface area contributed by atoms with Crippen LogP contribution in [0.25, 0.3) is 0 Å². The fourth-order valence-electron chi connectivity index (χ4n) is 3.76. The molecule has 0 radical (unpaired) electrons. The number of carbonyl (C=O) groups is 2. The van der Waals surface area contributed by atoms with Gasteiger partial charge in [0, 0.05) is 57.4 Å². The van der Waals surface area contributed by atoms with Gasteiger partial charge in [0.05, 0.1) is 10.6 Å². The number of aromatic nitrogens is 2. The Labute approximate surface area is 189 Å². The summed E-state index contributed by atoms with van der Waals surface area (Å²) >= 11 is 0. The second-order valence-electron chi connectivity index (χ2n) is 8.36. The van der Waals surface area contributed by atoms with Crippen molar-refractivity contribution >= 4 is 21.8 Å². The highest BCUT2D eigenvalue weighted by Crippen LogP contribution is 2.18. The Morgan fingerprint density at radius 1 is 1.09 bits per heavy atom. The van der Waals surface area contributed by atoms with Crippen LogP contribution in [0.5, 0.6) is 0 Å². The molecule has 2 aromatic rings. The smallest absolute Gasteiger partial charge is 0.251 e. The number of aryl methyl sites for hydroxylation is 2. The van der Waals surface area contributed by atoms with Crippen molar-refractivity contribution in [2.45, 2.75) is 39.1 Å². The minimum Gasteiger partial charge on any atom is -0.352 e. The largest absolute Gasteiger partial charge is 0.352 e. The van der Waals surface area contributed by atoms with Crippen LogP contribution in [-0.2, 0) is 21.4 Å². The quantitative estimate of drug-likeness (QED) is 0.672. The first-order valence-electron chi connectivity index (χ1n) is 10.7. The SMILES string of the molecule is CC(=O)N1CCN(S(=O)(=O)c2ccc(C(=O)NC[C@H](C)Cn3nc(C)cc3C)cc2)CC1. The number of benzene rings is 1. The van der Waals surface area contributed by atoms with Crippen molar-refractivity contribution in [1.29, 1.82) is 0 Å². The molecule has 1 aliphatic rings. The lowest BCUT2D eigenvalue weighted by molar-refractivity contribution is -0.129. The Morgan fingerprint density at radius 2 is 1.72 bits per heavy atom. The molecule has 1 N–H and O–H groups in total. The van der Waals surface area contributed by atoms with Crippen LogP contribution in [-0.4, -0.2) is 71.9 Å². The van der Waals surface area contributed by atoms with Crippen LogP contribution < -0.4 is 5.32 Å². The first-order chi connectivity index (χ1) is 15.1. The van der Waals surface area contributed by atoms with Gasteiger partial charge in [0.25, 0.3) is 5.91 Å². The molecule has 1 atom stereocenters. The molecule has 1 saturated heterocycles. The van der Waals surface area contributed by atoms with E-state index in [0.717, 1.165) is 11.4 Å². The number of carbonyl (C=O) groups excluding carboxylic acids is 2. The summed E-state index contributed by atoms with van der Waals surface area (Å²) in [6.45, 7) is 9.94. The molecule has 1 aliphatic heterocycles. The molecule has 2 amide bonds. The van der Waals surface area contributed by atoms with Gasteiger partial charge in [-0.15, -0.1) is 0 Å². The van der Waals surface area contributed by atoms with Crippen LogP contribution in [0, 0.1) is 19.8 Å². The number of sulfonamides is 1. The van der Waals surface area contributed by atoms with Crippen molar-refractivity contribution in [3.05, 3.63) is 47.3 Å². The third-order valence-corrected chi connectivity index (χ3v) is 7.55. The molecule has 0 bridgehead atoms. The standard InChI is InChI=1S/C22H31N5O4S/c1-16(15-27-18(3)13-17(2)24-27)14-23-22(29)20-5-7-21(8-6-20)32(30,31)26-11-9-25(10-12-26)19(4)28/h5-8,13,16H,9-12,14-15H2,1-4H3,(H,23,29)/t16-/m0/s1. The maximum absolute atomic E-state index is 12.9. The summed E-state index contributed by atoms with van der Waals surface area (Å²) in [6, 6.07) is 7.99. The molecule has 0 unspecified atom stereocenters. The van der Waals surface area contributed by atoms with E-state index in [4.69, 9.17) is 0 Å². The fourth-order valence-corrected chi connectivity index (χ4v) is 5.18. The third kappa shape index (κ3) is 5.55. The highest BCUT2D eigenvalue weighted by molar-refractivity contribution is 7.89. The van der Waals surface area contributed by atoms with E-state index in [1.807, 2.05) is 31.5 Å². The topological polar surface area (TPSA) is 105 Å². The molecule has 0 spiro atoms. The van der Waals surface area contributed by atoms with Crippen molar-refractivity contribution in [1.82, 2.24) is 24.3 Å². The van der Waals surface area contributed by atoms with E-state index in [2.05, 4.69) is 10.4 Å². The van der Waals surface area contributed by atoms with Gasteiger partial charge in [-0.2, -0.15) is 9.40 Å². The van der Waals surface area contributed by atoms with Crippen molar-refractivity contribution in [2.24, 2.45) is 5.92 Å². The van der Waals surface area contributed by atoms with E-state index in [0.29, 0.717) is 31.7 Å². The molecule has 10 heteroatoms. The molecule has 0 aliphatic carbocycles. The zero-order valence-corrected chi connectivity index (χ0v) is 19.9. The molecule has 2 heterocycles. The summed E-state index contributed by atoms with van der Waals surface area (Å²) in [5.41, 5.74) is 2.46. The summed E-state index contributed by atoms with van der Waals surface area (Å²) in [5.74, 6) is -0.115. The van der Waals surface area contributed by atoms with Crippen LogP contribution in [0.4, 0.5) is 0 Å². The minimum absolute atomic E-state index is 0.0541. The molecule has 1 fully saturated rings. The van der Waals surface area contributed by atoms with Gasteiger partial charge < -0.3 is 10.2 Å². The average Bonchev–Trinajstić information content (AvgIpc) is 3.08. The summed E-state index contributed by atoms with van der Waals surface area (Å²) in [4.78, 5) is 25.7. The van der Waals surface area contributed by atoms with Crippen molar-refractivity contribution < 1.29 is 18.0 Å². The Morgan fingerprint density at radius 3 is 2.25 bits per heavy atom. The number of amides is 2. The van der Waals surface area contributed by atoms with Gasteiger partial charge in [0.1, 0.15) is 0 Å². The Kier molecular flexibility index (Phi) is 7.35. The van der Waals surface area contributed by atoms with E-state index >= 15 is 0 Å². The normalized spacial score (nSPS) is 16.1. The number of hydrogen-bond donors (Lipinski definition) is 1. The lowest BCUT2D eigenvalue weighted by Gasteiger charge is -2.33. The molecule has 32 heavy (non-hydrogen) atoms. The van der Waals surface area contributed by atoms with Crippen LogP contribution in [0.3, 0.4) is 0 Å². The summed E-state index contributed by atoms with van der Waals surface area (Å²) < 4.78 is 29.1. The number of hydrogen-bond acceptors (Lipinski definition) is 5. The summed E-state index contributed by atoms with van der Waals surface area (Å²) in [7, 11) is -3.66. The first-order valence-corrected chi connectivity index (χ1v) is 12.2. The Bertz CT molecular complexity index is 1070. The van der Waals surface area contributed by atoms with E-state index < -0.39 is 10.0 Å². The van der Waals surface area contributed by atoms with Gasteiger partial charge in [0.15, 0.2) is 0 Å². The van der Waals surface area contributed by atoms with Crippen molar-refractivity contribution in [2.75, 3.05) is 32.7 Å². The van der Waals surface area contributed by atoms with E-state index in [1.54, 1.807) is 4.90 Å². The van der Waals surface area contributed by atoms with Crippen LogP contribution in [0.1, 0.15) is 35.6 Å². The van der Waals surface area contributed by atoms with Gasteiger partial charge in [-0.05, 0) is 50.1 Å². The maximum atomic E-state index is 12.9. The molecule has 3 rings (SSSR count). The highest BCUT2D eigenvalue weighted by atomic mass is 32.2. The van der Waals surface area contributed by atoms with Crippen LogP contribution in [0.15, 0.2) is 35.2 Å². The summed E-state index contributed by atoms with van der Waals surface area (Å²) in [6.07, 6.45) is 0. The van der Waals surface area contributed by atoms with Crippen LogP contribution in [0.2, 0.25) is 0 Å². The molecule has 0 saturated carbocycles. The molecular weight excluding hydrogens is 430 g/mol. The molecule has 1 aromatic carbocycles. The number of piperazine rings is 1. The van der Waals surface area contributed by atoms with Gasteiger partial charge in [-0.25, -0.2) is 8.42 Å². The number of nitrogens with zero attached hydrogens (tertiary/aromatic N) is 4. The molecule has 9 nitrogen and oxygen atoms in total. The lowest BCUT2D eigenvalue weighted by atomic mass is 10.1.